The van der Waals surface area contributed by atoms with Crippen molar-refractivity contribution >= 4 is 62.4 Å². The van der Waals surface area contributed by atoms with Crippen LogP contribution in [0.25, 0.3) is 16.7 Å². The number of benzene rings is 11. The monoisotopic (exact) mass is 1100 g/mol. The summed E-state index contributed by atoms with van der Waals surface area (Å²) >= 11 is 0. The van der Waals surface area contributed by atoms with E-state index in [1.54, 1.807) is 0 Å². The summed E-state index contributed by atoms with van der Waals surface area (Å²) in [4.78, 5) is 10.4. The van der Waals surface area contributed by atoms with Gasteiger partial charge in [0.05, 0.1) is 5.41 Å². The summed E-state index contributed by atoms with van der Waals surface area (Å²) in [6.07, 6.45) is 6.02. The number of hydrogen-bond donors (Lipinski definition) is 0. The maximum absolute atomic E-state index is 2.75. The van der Waals surface area contributed by atoms with Crippen molar-refractivity contribution in [1.82, 2.24) is 0 Å². The lowest BCUT2D eigenvalue weighted by atomic mass is 9.68. The number of rotatable bonds is 12. The van der Waals surface area contributed by atoms with Crippen molar-refractivity contribution in [2.75, 3.05) is 19.6 Å². The smallest absolute Gasteiger partial charge is 0.145 e. The highest BCUT2D eigenvalue weighted by Crippen LogP contribution is 2.67. The molecule has 3 aliphatic carbocycles. The Balaban J connectivity index is 1.16. The van der Waals surface area contributed by atoms with Gasteiger partial charge in [0.2, 0.25) is 0 Å². The van der Waals surface area contributed by atoms with E-state index in [0.29, 0.717) is 6.42 Å². The van der Waals surface area contributed by atoms with Gasteiger partial charge in [0.1, 0.15) is 5.66 Å². The molecule has 4 nitrogen and oxygen atoms in total. The van der Waals surface area contributed by atoms with Gasteiger partial charge in [0.15, 0.2) is 0 Å². The van der Waals surface area contributed by atoms with Crippen LogP contribution < -0.4 is 19.6 Å². The lowest BCUT2D eigenvalue weighted by Gasteiger charge is -2.54. The van der Waals surface area contributed by atoms with Gasteiger partial charge in [-0.2, -0.15) is 0 Å². The zero-order valence-electron chi connectivity index (χ0n) is 49.9. The molecule has 0 aliphatic heterocycles. The van der Waals surface area contributed by atoms with Crippen LogP contribution in [0.15, 0.2) is 273 Å². The van der Waals surface area contributed by atoms with Crippen LogP contribution in [0.2, 0.25) is 0 Å². The molecule has 0 aromatic heterocycles. The zero-order valence-corrected chi connectivity index (χ0v) is 49.9. The van der Waals surface area contributed by atoms with Crippen molar-refractivity contribution in [2.24, 2.45) is 0 Å². The third-order valence-corrected chi connectivity index (χ3v) is 18.5. The molecule has 0 N–H and O–H groups in total. The Morgan fingerprint density at radius 3 is 0.941 bits per heavy atom. The topological polar surface area (TPSA) is 13.0 Å². The van der Waals surface area contributed by atoms with Crippen molar-refractivity contribution in [3.8, 4) is 11.1 Å². The van der Waals surface area contributed by atoms with E-state index in [1.807, 2.05) is 0 Å². The minimum Gasteiger partial charge on any atom is -0.313 e. The summed E-state index contributed by atoms with van der Waals surface area (Å²) in [6, 6.07) is 95.5. The fourth-order valence-electron chi connectivity index (χ4n) is 14.5. The fraction of sp³-hybridized carbons (Fsp3) is 0.136. The first kappa shape index (κ1) is 53.1. The van der Waals surface area contributed by atoms with Crippen LogP contribution in [0.3, 0.4) is 0 Å². The zero-order chi connectivity index (χ0) is 58.1. The second-order valence-electron chi connectivity index (χ2n) is 23.6. The maximum atomic E-state index is 2.75. The molecule has 0 saturated heterocycles. The van der Waals surface area contributed by atoms with Gasteiger partial charge in [-0.1, -0.05) is 188 Å². The number of nitrogens with zero attached hydrogens (tertiary/aromatic N) is 4. The molecule has 0 bridgehead atoms. The third kappa shape index (κ3) is 8.40. The maximum Gasteiger partial charge on any atom is 0.145 e. The number of hydrogen-bond acceptors (Lipinski definition) is 4. The quantitative estimate of drug-likeness (QED) is 0.113. The SMILES string of the molecule is Cc1ccccc1N(c1ccc2c(c1)C1(C3=CC(N(c4ccccc4C)c4ccccc4C)(N(c4ccccc4C)c4ccccc4C)CC=C32)c2ccccc2-c2ccc(N(c3ccccc3C)c3ccccc3C)cc21)c1ccccc1C. The normalized spacial score (nSPS) is 15.1. The summed E-state index contributed by atoms with van der Waals surface area (Å²) in [6.45, 7) is 18.1. The second kappa shape index (κ2) is 21.1. The van der Waals surface area contributed by atoms with E-state index in [0.717, 1.165) is 56.9 Å². The van der Waals surface area contributed by atoms with Crippen molar-refractivity contribution in [1.29, 1.82) is 0 Å². The summed E-state index contributed by atoms with van der Waals surface area (Å²) in [5.74, 6) is 0. The molecular formula is C81H70N4. The van der Waals surface area contributed by atoms with E-state index >= 15 is 0 Å². The van der Waals surface area contributed by atoms with Crippen LogP contribution in [-0.4, -0.2) is 5.66 Å². The summed E-state index contributed by atoms with van der Waals surface area (Å²) in [7, 11) is 0. The average Bonchev–Trinajstić information content (AvgIpc) is 1.57. The fourth-order valence-corrected chi connectivity index (χ4v) is 14.5. The number of anilines is 10. The average molecular weight is 1100 g/mol. The van der Waals surface area contributed by atoms with E-state index in [1.165, 1.54) is 89.0 Å². The van der Waals surface area contributed by atoms with Gasteiger partial charge in [-0.15, -0.1) is 0 Å². The van der Waals surface area contributed by atoms with Crippen LogP contribution in [-0.2, 0) is 5.41 Å². The van der Waals surface area contributed by atoms with Crippen LogP contribution in [0, 0.1) is 55.4 Å². The third-order valence-electron chi connectivity index (χ3n) is 18.5. The first-order chi connectivity index (χ1) is 41.5. The highest BCUT2D eigenvalue weighted by atomic mass is 15.4. The number of fused-ring (bicyclic) bond motifs is 10. The Morgan fingerprint density at radius 1 is 0.282 bits per heavy atom. The Bertz CT molecular complexity index is 4220. The van der Waals surface area contributed by atoms with Gasteiger partial charge in [-0.3, -0.25) is 0 Å². The molecule has 0 radical (unpaired) electrons. The molecule has 0 heterocycles. The van der Waals surface area contributed by atoms with Crippen LogP contribution >= 0.6 is 0 Å². The van der Waals surface area contributed by atoms with Crippen LogP contribution in [0.4, 0.5) is 56.9 Å². The second-order valence-corrected chi connectivity index (χ2v) is 23.6. The molecule has 14 rings (SSSR count). The van der Waals surface area contributed by atoms with E-state index in [9.17, 15) is 0 Å². The molecule has 1 atom stereocenters. The van der Waals surface area contributed by atoms with E-state index in [2.05, 4.69) is 342 Å². The highest BCUT2D eigenvalue weighted by molar-refractivity contribution is 6.03. The van der Waals surface area contributed by atoms with Crippen LogP contribution in [0.1, 0.15) is 73.2 Å². The van der Waals surface area contributed by atoms with Gasteiger partial charge in [-0.05, 0) is 223 Å². The number of allylic oxidation sites excluding steroid dienone is 2. The van der Waals surface area contributed by atoms with Gasteiger partial charge in [0, 0.05) is 63.3 Å². The number of aryl methyl sites for hydroxylation is 8. The molecule has 11 aromatic carbocycles. The lowest BCUT2D eigenvalue weighted by molar-refractivity contribution is 0.515. The van der Waals surface area contributed by atoms with Crippen molar-refractivity contribution in [3.05, 3.63) is 339 Å². The molecule has 0 saturated carbocycles. The molecule has 414 valence electrons. The molecule has 0 amide bonds. The molecule has 3 aliphatic rings. The Hall–Kier alpha value is -9.90. The largest absolute Gasteiger partial charge is 0.313 e. The first-order valence-electron chi connectivity index (χ1n) is 30.0. The molecule has 4 heteroatoms. The summed E-state index contributed by atoms with van der Waals surface area (Å²) in [5.41, 5.74) is 29.4. The van der Waals surface area contributed by atoms with E-state index in [-0.39, 0.29) is 0 Å². The Kier molecular flexibility index (Phi) is 13.2. The standard InChI is InChI=1S/C81H70N4/c1-54-27-9-19-37-72(54)82(73-38-20-10-28-55(73)2)62-45-47-65-64-35-17-18-36-68(64)81(69(65)51-62)70-52-63(83(74-39-21-11-29-56(74)3)75-40-22-12-30-57(75)4)46-48-66(70)67-49-50-80(53-71(67)81,84(76-41-23-13-31-58(76)5)77-42-24-14-32-59(77)6)85(78-43-25-15-33-60(78)7)79-44-26-16-34-61(79)8/h9-49,51-53H,50H2,1-8H3. The first-order valence-corrected chi connectivity index (χ1v) is 30.0. The minimum atomic E-state index is -0.912. The summed E-state index contributed by atoms with van der Waals surface area (Å²) in [5, 5.41) is 0. The van der Waals surface area contributed by atoms with Crippen molar-refractivity contribution in [2.45, 2.75) is 72.9 Å². The molecule has 1 spiro atoms. The minimum absolute atomic E-state index is 0.649. The molecule has 1 unspecified atom stereocenters. The predicted molar refractivity (Wildman–Crippen MR) is 359 cm³/mol. The highest BCUT2D eigenvalue weighted by Gasteiger charge is 2.58. The lowest BCUT2D eigenvalue weighted by Crippen LogP contribution is -2.58. The van der Waals surface area contributed by atoms with Crippen molar-refractivity contribution in [3.63, 3.8) is 0 Å². The van der Waals surface area contributed by atoms with Gasteiger partial charge in [-0.25, -0.2) is 0 Å². The van der Waals surface area contributed by atoms with Crippen LogP contribution in [0.5, 0.6) is 0 Å². The molecule has 11 aromatic rings. The van der Waals surface area contributed by atoms with E-state index < -0.39 is 11.1 Å². The number of para-hydroxylation sites is 8. The molecule has 0 fully saturated rings. The van der Waals surface area contributed by atoms with Gasteiger partial charge >= 0.3 is 0 Å². The molecular weight excluding hydrogens is 1030 g/mol. The Morgan fingerprint density at radius 2 is 0.576 bits per heavy atom. The Labute approximate surface area is 502 Å². The predicted octanol–water partition coefficient (Wildman–Crippen LogP) is 21.5. The summed E-state index contributed by atoms with van der Waals surface area (Å²) < 4.78 is 0. The van der Waals surface area contributed by atoms with Gasteiger partial charge in [0.25, 0.3) is 0 Å². The van der Waals surface area contributed by atoms with Gasteiger partial charge < -0.3 is 19.6 Å². The van der Waals surface area contributed by atoms with Crippen molar-refractivity contribution < 1.29 is 0 Å². The molecule has 85 heavy (non-hydrogen) atoms. The van der Waals surface area contributed by atoms with E-state index in [4.69, 9.17) is 0 Å².